The molecule has 0 heterocycles. The van der Waals surface area contributed by atoms with Crippen LogP contribution in [-0.4, -0.2) is 17.6 Å². The molecule has 21 heavy (non-hydrogen) atoms. The van der Waals surface area contributed by atoms with Crippen molar-refractivity contribution in [3.63, 3.8) is 0 Å². The van der Waals surface area contributed by atoms with E-state index in [0.29, 0.717) is 5.56 Å². The predicted octanol–water partition coefficient (Wildman–Crippen LogP) is 5.06. The van der Waals surface area contributed by atoms with Gasteiger partial charge in [0.2, 0.25) is 0 Å². The summed E-state index contributed by atoms with van der Waals surface area (Å²) in [4.78, 5) is 4.75. The van der Waals surface area contributed by atoms with E-state index in [1.54, 1.807) is 35.7 Å². The Morgan fingerprint density at radius 2 is 1.71 bits per heavy atom. The first-order chi connectivity index (χ1) is 10.3. The van der Waals surface area contributed by atoms with Crippen molar-refractivity contribution in [1.29, 1.82) is 5.26 Å². The Labute approximate surface area is 134 Å². The van der Waals surface area contributed by atoms with E-state index >= 15 is 0 Å². The lowest BCUT2D eigenvalue weighted by Gasteiger charge is -2.16. The van der Waals surface area contributed by atoms with Crippen LogP contribution in [0.15, 0.2) is 59.6 Å². The van der Waals surface area contributed by atoms with Gasteiger partial charge in [-0.15, -0.1) is 11.8 Å². The molecule has 0 aliphatic heterocycles. The number of rotatable bonds is 4. The summed E-state index contributed by atoms with van der Waals surface area (Å²) in [5, 5.41) is 10.1. The van der Waals surface area contributed by atoms with Crippen LogP contribution in [0.3, 0.4) is 0 Å². The molecule has 0 radical (unpaired) electrons. The molecular formula is C17H16N2S2. The van der Waals surface area contributed by atoms with Crippen molar-refractivity contribution in [2.24, 2.45) is 4.99 Å². The van der Waals surface area contributed by atoms with Crippen molar-refractivity contribution in [3.05, 3.63) is 65.7 Å². The van der Waals surface area contributed by atoms with Crippen molar-refractivity contribution >= 4 is 34.3 Å². The number of benzene rings is 2. The minimum Gasteiger partial charge on any atom is -0.245 e. The lowest BCUT2D eigenvalue weighted by atomic mass is 10.1. The topological polar surface area (TPSA) is 36.1 Å². The van der Waals surface area contributed by atoms with Crippen LogP contribution in [0.4, 0.5) is 5.69 Å². The molecule has 1 unspecified atom stereocenters. The summed E-state index contributed by atoms with van der Waals surface area (Å²) < 4.78 is 0. The van der Waals surface area contributed by atoms with Gasteiger partial charge in [0.05, 0.1) is 27.6 Å². The first kappa shape index (κ1) is 15.7. The molecule has 0 saturated carbocycles. The van der Waals surface area contributed by atoms with Crippen LogP contribution in [0.25, 0.3) is 0 Å². The zero-order valence-corrected chi connectivity index (χ0v) is 13.6. The van der Waals surface area contributed by atoms with Crippen LogP contribution in [0.5, 0.6) is 0 Å². The van der Waals surface area contributed by atoms with E-state index < -0.39 is 0 Å². The maximum atomic E-state index is 8.84. The Morgan fingerprint density at radius 3 is 2.24 bits per heavy atom. The van der Waals surface area contributed by atoms with Crippen molar-refractivity contribution in [2.45, 2.75) is 5.25 Å². The second-order valence-corrected chi connectivity index (χ2v) is 6.11. The molecule has 0 aliphatic rings. The molecule has 0 bridgehead atoms. The molecule has 0 fully saturated rings. The lowest BCUT2D eigenvalue weighted by Crippen LogP contribution is -2.04. The van der Waals surface area contributed by atoms with E-state index in [0.717, 1.165) is 10.7 Å². The van der Waals surface area contributed by atoms with Crippen LogP contribution < -0.4 is 0 Å². The fourth-order valence-corrected chi connectivity index (χ4v) is 3.76. The molecular weight excluding hydrogens is 296 g/mol. The number of nitrogens with zero attached hydrogens (tertiary/aromatic N) is 2. The Bertz CT molecular complexity index is 643. The molecule has 1 atom stereocenters. The first-order valence-electron chi connectivity index (χ1n) is 6.49. The highest BCUT2D eigenvalue weighted by Crippen LogP contribution is 2.33. The minimum absolute atomic E-state index is 0.233. The average molecular weight is 312 g/mol. The summed E-state index contributed by atoms with van der Waals surface area (Å²) in [5.41, 5.74) is 2.80. The van der Waals surface area contributed by atoms with E-state index in [-0.39, 0.29) is 5.25 Å². The SMILES string of the molecule is CSC(=Nc1ccc(C#N)cc1)C(SC)c1ccccc1. The van der Waals surface area contributed by atoms with Crippen molar-refractivity contribution in [1.82, 2.24) is 0 Å². The van der Waals surface area contributed by atoms with Gasteiger partial charge in [0.15, 0.2) is 0 Å². The summed E-state index contributed by atoms with van der Waals surface area (Å²) in [7, 11) is 0. The maximum Gasteiger partial charge on any atom is 0.0991 e. The molecule has 2 aromatic rings. The summed E-state index contributed by atoms with van der Waals surface area (Å²) in [6, 6.07) is 19.9. The second-order valence-electron chi connectivity index (χ2n) is 4.34. The quantitative estimate of drug-likeness (QED) is 0.585. The third kappa shape index (κ3) is 4.13. The minimum atomic E-state index is 0.233. The largest absolute Gasteiger partial charge is 0.245 e. The molecule has 0 spiro atoms. The predicted molar refractivity (Wildman–Crippen MR) is 94.5 cm³/mol. The lowest BCUT2D eigenvalue weighted by molar-refractivity contribution is 1.30. The van der Waals surface area contributed by atoms with Gasteiger partial charge in [0, 0.05) is 0 Å². The number of thioether (sulfide) groups is 2. The van der Waals surface area contributed by atoms with E-state index in [2.05, 4.69) is 42.8 Å². The van der Waals surface area contributed by atoms with Crippen LogP contribution in [0.1, 0.15) is 16.4 Å². The summed E-state index contributed by atoms with van der Waals surface area (Å²) in [6.07, 6.45) is 4.15. The van der Waals surface area contributed by atoms with Crippen molar-refractivity contribution < 1.29 is 0 Å². The zero-order valence-electron chi connectivity index (χ0n) is 12.0. The Kier molecular flexibility index (Phi) is 5.91. The highest BCUT2D eigenvalue weighted by atomic mass is 32.2. The molecule has 2 aromatic carbocycles. The van der Waals surface area contributed by atoms with Crippen molar-refractivity contribution in [3.8, 4) is 6.07 Å². The Morgan fingerprint density at radius 1 is 1.05 bits per heavy atom. The van der Waals surface area contributed by atoms with Gasteiger partial charge in [0.25, 0.3) is 0 Å². The van der Waals surface area contributed by atoms with Gasteiger partial charge in [-0.1, -0.05) is 30.3 Å². The molecule has 0 N–H and O–H groups in total. The first-order valence-corrected chi connectivity index (χ1v) is 9.00. The average Bonchev–Trinajstić information content (AvgIpc) is 2.56. The Balaban J connectivity index is 2.32. The number of hydrogen-bond acceptors (Lipinski definition) is 4. The van der Waals surface area contributed by atoms with E-state index in [9.17, 15) is 0 Å². The number of nitriles is 1. The standard InChI is InChI=1S/C17H16N2S2/c1-20-16(14-6-4-3-5-7-14)17(21-2)19-15-10-8-13(12-18)9-11-15/h3-11,16H,1-2H3. The molecule has 106 valence electrons. The molecule has 4 heteroatoms. The summed E-state index contributed by atoms with van der Waals surface area (Å²) >= 11 is 3.45. The van der Waals surface area contributed by atoms with Crippen LogP contribution in [-0.2, 0) is 0 Å². The summed E-state index contributed by atoms with van der Waals surface area (Å²) in [5.74, 6) is 0. The van der Waals surface area contributed by atoms with Crippen LogP contribution in [0.2, 0.25) is 0 Å². The van der Waals surface area contributed by atoms with Gasteiger partial charge in [-0.25, -0.2) is 4.99 Å². The normalized spacial score (nSPS) is 12.7. The zero-order chi connectivity index (χ0) is 15.1. The highest BCUT2D eigenvalue weighted by Gasteiger charge is 2.16. The van der Waals surface area contributed by atoms with Gasteiger partial charge in [-0.3, -0.25) is 0 Å². The smallest absolute Gasteiger partial charge is 0.0991 e. The molecule has 2 rings (SSSR count). The van der Waals surface area contributed by atoms with E-state index in [4.69, 9.17) is 10.3 Å². The molecule has 0 amide bonds. The van der Waals surface area contributed by atoms with Gasteiger partial charge < -0.3 is 0 Å². The third-order valence-electron chi connectivity index (χ3n) is 3.01. The molecule has 0 aromatic heterocycles. The van der Waals surface area contributed by atoms with Crippen molar-refractivity contribution in [2.75, 3.05) is 12.5 Å². The van der Waals surface area contributed by atoms with Gasteiger partial charge in [0.1, 0.15) is 0 Å². The van der Waals surface area contributed by atoms with E-state index in [1.807, 2.05) is 18.2 Å². The molecule has 0 saturated heterocycles. The molecule has 0 aliphatic carbocycles. The number of aliphatic imine (C=N–C) groups is 1. The van der Waals surface area contributed by atoms with Crippen LogP contribution >= 0.6 is 23.5 Å². The maximum absolute atomic E-state index is 8.84. The van der Waals surface area contributed by atoms with Gasteiger partial charge in [-0.2, -0.15) is 17.0 Å². The fraction of sp³-hybridized carbons (Fsp3) is 0.176. The van der Waals surface area contributed by atoms with Gasteiger partial charge >= 0.3 is 0 Å². The monoisotopic (exact) mass is 312 g/mol. The fourth-order valence-electron chi connectivity index (χ4n) is 1.96. The molecule has 2 nitrogen and oxygen atoms in total. The Hall–Kier alpha value is -1.70. The van der Waals surface area contributed by atoms with Crippen LogP contribution in [0, 0.1) is 11.3 Å². The number of hydrogen-bond donors (Lipinski definition) is 0. The highest BCUT2D eigenvalue weighted by molar-refractivity contribution is 8.15. The van der Waals surface area contributed by atoms with Gasteiger partial charge in [-0.05, 0) is 42.3 Å². The second kappa shape index (κ2) is 7.92. The van der Waals surface area contributed by atoms with E-state index in [1.165, 1.54) is 5.56 Å². The third-order valence-corrected chi connectivity index (χ3v) is 4.87. The summed E-state index contributed by atoms with van der Waals surface area (Å²) in [6.45, 7) is 0.